The minimum atomic E-state index is -0.824. The number of nitro groups is 1. The number of benzene rings is 1. The van der Waals surface area contributed by atoms with E-state index in [4.69, 9.17) is 0 Å². The maximum absolute atomic E-state index is 11.1. The maximum Gasteiger partial charge on any atom is 0.308 e. The van der Waals surface area contributed by atoms with Gasteiger partial charge in [0.25, 0.3) is 5.69 Å². The molecule has 0 aromatic heterocycles. The molecule has 1 aromatic rings. The zero-order valence-corrected chi connectivity index (χ0v) is 9.53. The predicted molar refractivity (Wildman–Crippen MR) is 60.6 cm³/mol. The highest BCUT2D eigenvalue weighted by Gasteiger charge is 2.18. The minimum absolute atomic E-state index is 0.136. The normalized spacial score (nSPS) is 11.2. The highest BCUT2D eigenvalue weighted by molar-refractivity contribution is 5.70. The van der Waals surface area contributed by atoms with Crippen LogP contribution < -0.4 is 0 Å². The molecule has 94 valence electrons. The van der Waals surface area contributed by atoms with Crippen LogP contribution in [0.2, 0.25) is 0 Å². The van der Waals surface area contributed by atoms with Crippen molar-refractivity contribution in [3.05, 3.63) is 39.9 Å². The molecule has 18 heavy (non-hydrogen) atoms. The van der Waals surface area contributed by atoms with Crippen LogP contribution in [-0.2, 0) is 14.3 Å². The number of carbonyl (C=O) groups is 1. The van der Waals surface area contributed by atoms with Crippen molar-refractivity contribution in [1.29, 1.82) is 0 Å². The Kier molecular flexibility index (Phi) is 4.71. The minimum Gasteiger partial charge on any atom is -0.469 e. The molecule has 0 aliphatic rings. The molecule has 1 atom stereocenters. The molecule has 0 spiro atoms. The average molecular weight is 250 g/mol. The Morgan fingerprint density at radius 2 is 2.33 bits per heavy atom. The predicted octanol–water partition coefficient (Wildman–Crippen LogP) is 1.53. The average Bonchev–Trinajstić information content (AvgIpc) is 2.38. The van der Waals surface area contributed by atoms with E-state index in [0.29, 0.717) is 5.56 Å². The van der Waals surface area contributed by atoms with Gasteiger partial charge in [-0.2, -0.15) is 4.99 Å². The molecule has 0 radical (unpaired) electrons. The van der Waals surface area contributed by atoms with Gasteiger partial charge in [-0.15, -0.1) is 0 Å². The Balaban J connectivity index is 3.05. The Morgan fingerprint density at radius 1 is 1.61 bits per heavy atom. The lowest BCUT2D eigenvalue weighted by atomic mass is 10.0. The Bertz CT molecular complexity index is 508. The van der Waals surface area contributed by atoms with Gasteiger partial charge in [0.1, 0.15) is 0 Å². The van der Waals surface area contributed by atoms with Crippen LogP contribution in [-0.4, -0.2) is 24.1 Å². The fourth-order valence-electron chi connectivity index (χ4n) is 1.39. The number of ether oxygens (including phenoxy) is 1. The van der Waals surface area contributed by atoms with E-state index in [2.05, 4.69) is 9.73 Å². The van der Waals surface area contributed by atoms with Crippen molar-refractivity contribution in [3.8, 4) is 0 Å². The van der Waals surface area contributed by atoms with Crippen molar-refractivity contribution >= 4 is 17.7 Å². The number of non-ortho nitro benzene ring substituents is 1. The Morgan fingerprint density at radius 3 is 2.89 bits per heavy atom. The van der Waals surface area contributed by atoms with Crippen LogP contribution in [0.1, 0.15) is 18.0 Å². The van der Waals surface area contributed by atoms with Crippen LogP contribution >= 0.6 is 0 Å². The third-order valence-electron chi connectivity index (χ3n) is 2.26. The summed E-state index contributed by atoms with van der Waals surface area (Å²) in [7, 11) is 1.21. The van der Waals surface area contributed by atoms with E-state index in [9.17, 15) is 19.7 Å². The second kappa shape index (κ2) is 6.27. The van der Waals surface area contributed by atoms with Gasteiger partial charge in [0.2, 0.25) is 6.08 Å². The number of aliphatic imine (C=N–C) groups is 1. The van der Waals surface area contributed by atoms with Crippen LogP contribution in [0.3, 0.4) is 0 Å². The summed E-state index contributed by atoms with van der Waals surface area (Å²) in [4.78, 5) is 34.9. The van der Waals surface area contributed by atoms with Crippen LogP contribution in [0.15, 0.2) is 29.3 Å². The first kappa shape index (κ1) is 13.5. The summed E-state index contributed by atoms with van der Waals surface area (Å²) >= 11 is 0. The fraction of sp³-hybridized carbons (Fsp3) is 0.273. The zero-order valence-electron chi connectivity index (χ0n) is 9.53. The fourth-order valence-corrected chi connectivity index (χ4v) is 1.39. The maximum atomic E-state index is 11.1. The van der Waals surface area contributed by atoms with E-state index in [0.717, 1.165) is 0 Å². The standard InChI is InChI=1S/C11H10N2O5/c1-18-11(15)6-10(12-7-14)8-3-2-4-9(5-8)13(16)17/h2-5,10H,6H2,1H3/t10-/m0/s1. The number of carbonyl (C=O) groups excluding carboxylic acids is 2. The molecular weight excluding hydrogens is 240 g/mol. The van der Waals surface area contributed by atoms with E-state index in [1.54, 1.807) is 6.07 Å². The molecule has 7 nitrogen and oxygen atoms in total. The van der Waals surface area contributed by atoms with Gasteiger partial charge in [-0.25, -0.2) is 4.79 Å². The van der Waals surface area contributed by atoms with Gasteiger partial charge in [0.05, 0.1) is 24.5 Å². The number of hydrogen-bond acceptors (Lipinski definition) is 6. The number of hydrogen-bond donors (Lipinski definition) is 0. The SMILES string of the molecule is COC(=O)C[C@H](N=C=O)c1cccc([N+](=O)[O-])c1. The van der Waals surface area contributed by atoms with Gasteiger partial charge in [-0.3, -0.25) is 14.9 Å². The highest BCUT2D eigenvalue weighted by Crippen LogP contribution is 2.24. The number of isocyanates is 1. The molecule has 0 saturated heterocycles. The third-order valence-corrected chi connectivity index (χ3v) is 2.26. The number of nitrogens with zero attached hydrogens (tertiary/aromatic N) is 2. The van der Waals surface area contributed by atoms with Crippen molar-refractivity contribution in [2.45, 2.75) is 12.5 Å². The lowest BCUT2D eigenvalue weighted by Crippen LogP contribution is -2.07. The van der Waals surface area contributed by atoms with E-state index in [1.807, 2.05) is 0 Å². The molecule has 1 rings (SSSR count). The second-order valence-electron chi connectivity index (χ2n) is 3.37. The molecule has 0 aliphatic heterocycles. The Hall–Kier alpha value is -2.53. The van der Waals surface area contributed by atoms with Crippen molar-refractivity contribution < 1.29 is 19.2 Å². The zero-order chi connectivity index (χ0) is 13.5. The summed E-state index contributed by atoms with van der Waals surface area (Å²) in [5, 5.41) is 10.6. The molecule has 7 heteroatoms. The summed E-state index contributed by atoms with van der Waals surface area (Å²) in [6.45, 7) is 0. The highest BCUT2D eigenvalue weighted by atomic mass is 16.6. The smallest absolute Gasteiger partial charge is 0.308 e. The van der Waals surface area contributed by atoms with Crippen molar-refractivity contribution in [3.63, 3.8) is 0 Å². The molecule has 0 fully saturated rings. The largest absolute Gasteiger partial charge is 0.469 e. The first-order valence-electron chi connectivity index (χ1n) is 4.96. The van der Waals surface area contributed by atoms with Crippen LogP contribution in [0.25, 0.3) is 0 Å². The quantitative estimate of drug-likeness (QED) is 0.259. The van der Waals surface area contributed by atoms with Gasteiger partial charge < -0.3 is 4.74 Å². The Labute approximate surface area is 102 Å². The van der Waals surface area contributed by atoms with E-state index < -0.39 is 16.9 Å². The van der Waals surface area contributed by atoms with Gasteiger partial charge in [-0.1, -0.05) is 12.1 Å². The summed E-state index contributed by atoms with van der Waals surface area (Å²) in [6.07, 6.45) is 1.17. The monoisotopic (exact) mass is 250 g/mol. The van der Waals surface area contributed by atoms with E-state index in [-0.39, 0.29) is 12.1 Å². The number of methoxy groups -OCH3 is 1. The van der Waals surface area contributed by atoms with Crippen molar-refractivity contribution in [2.75, 3.05) is 7.11 Å². The van der Waals surface area contributed by atoms with Crippen molar-refractivity contribution in [1.82, 2.24) is 0 Å². The molecule has 0 saturated carbocycles. The molecule has 0 amide bonds. The summed E-state index contributed by atoms with van der Waals surface area (Å²) in [5.41, 5.74) is 0.251. The topological polar surface area (TPSA) is 98.9 Å². The first-order valence-corrected chi connectivity index (χ1v) is 4.96. The number of esters is 1. The van der Waals surface area contributed by atoms with Crippen LogP contribution in [0.5, 0.6) is 0 Å². The summed E-state index contributed by atoms with van der Waals surface area (Å²) in [6, 6.07) is 4.74. The second-order valence-corrected chi connectivity index (χ2v) is 3.37. The van der Waals surface area contributed by atoms with Crippen LogP contribution in [0, 0.1) is 10.1 Å². The molecule has 0 unspecified atom stereocenters. The van der Waals surface area contributed by atoms with Gasteiger partial charge >= 0.3 is 5.97 Å². The molecule has 0 bridgehead atoms. The molecule has 0 N–H and O–H groups in total. The van der Waals surface area contributed by atoms with Gasteiger partial charge in [-0.05, 0) is 5.56 Å². The summed E-state index contributed by atoms with van der Waals surface area (Å²) < 4.78 is 4.46. The molecular formula is C11H10N2O5. The lowest BCUT2D eigenvalue weighted by Gasteiger charge is -2.09. The molecule has 0 aliphatic carbocycles. The van der Waals surface area contributed by atoms with Crippen molar-refractivity contribution in [2.24, 2.45) is 4.99 Å². The summed E-state index contributed by atoms with van der Waals surface area (Å²) in [5.74, 6) is -0.564. The van der Waals surface area contributed by atoms with Crippen LogP contribution in [0.4, 0.5) is 5.69 Å². The molecule has 0 heterocycles. The number of rotatable bonds is 5. The molecule has 1 aromatic carbocycles. The third kappa shape index (κ3) is 3.50. The van der Waals surface area contributed by atoms with Gasteiger partial charge in [0, 0.05) is 12.1 Å². The lowest BCUT2D eigenvalue weighted by molar-refractivity contribution is -0.384. The van der Waals surface area contributed by atoms with E-state index in [1.165, 1.54) is 31.4 Å². The van der Waals surface area contributed by atoms with Gasteiger partial charge in [0.15, 0.2) is 0 Å². The first-order chi connectivity index (χ1) is 8.58. The number of nitro benzene ring substituents is 1. The van der Waals surface area contributed by atoms with E-state index >= 15 is 0 Å².